The van der Waals surface area contributed by atoms with Crippen molar-refractivity contribution in [3.63, 3.8) is 0 Å². The molecule has 0 spiro atoms. The normalized spacial score (nSPS) is 17.8. The summed E-state index contributed by atoms with van der Waals surface area (Å²) >= 11 is 0. The highest BCUT2D eigenvalue weighted by atomic mass is 31.2. The molecule has 12 nitrogen and oxygen atoms in total. The van der Waals surface area contributed by atoms with Crippen molar-refractivity contribution >= 4 is 14.5 Å². The topological polar surface area (TPSA) is 127 Å². The lowest BCUT2D eigenvalue weighted by atomic mass is 9.80. The smallest absolute Gasteiger partial charge is 0.312 e. The second kappa shape index (κ2) is 19.9. The van der Waals surface area contributed by atoms with Crippen LogP contribution in [0.15, 0.2) is 91.4 Å². The Kier molecular flexibility index (Phi) is 15.3. The van der Waals surface area contributed by atoms with E-state index in [0.29, 0.717) is 12.1 Å². The van der Waals surface area contributed by atoms with Crippen molar-refractivity contribution in [2.45, 2.75) is 104 Å². The molecule has 57 heavy (non-hydrogen) atoms. The number of methoxy groups -OCH3 is 2. The van der Waals surface area contributed by atoms with Crippen LogP contribution in [-0.2, 0) is 40.4 Å². The van der Waals surface area contributed by atoms with E-state index in [1.54, 1.807) is 25.1 Å². The Bertz CT molecular complexity index is 1830. The molecule has 5 rings (SSSR count). The fourth-order valence-electron chi connectivity index (χ4n) is 6.82. The van der Waals surface area contributed by atoms with Crippen LogP contribution in [0.2, 0.25) is 0 Å². The Balaban J connectivity index is 1.54. The zero-order valence-corrected chi connectivity index (χ0v) is 35.5. The summed E-state index contributed by atoms with van der Waals surface area (Å²) in [5.74, 6) is 1.15. The summed E-state index contributed by atoms with van der Waals surface area (Å²) < 4.78 is 48.1. The molecule has 0 aliphatic carbocycles. The van der Waals surface area contributed by atoms with Crippen molar-refractivity contribution in [3.05, 3.63) is 114 Å². The number of aromatic nitrogens is 2. The fourth-order valence-corrected chi connectivity index (χ4v) is 8.58. The molecule has 0 amide bonds. The Labute approximate surface area is 338 Å². The zero-order valence-electron chi connectivity index (χ0n) is 34.6. The van der Waals surface area contributed by atoms with Gasteiger partial charge < -0.3 is 37.3 Å². The van der Waals surface area contributed by atoms with Crippen LogP contribution < -0.4 is 9.47 Å². The lowest BCUT2D eigenvalue weighted by molar-refractivity contribution is -0.156. The molecule has 0 saturated carbocycles. The predicted molar refractivity (Wildman–Crippen MR) is 218 cm³/mol. The molecule has 3 aromatic carbocycles. The Morgan fingerprint density at radius 3 is 2.04 bits per heavy atom. The van der Waals surface area contributed by atoms with E-state index >= 15 is 0 Å². The SMILES string of the molecule is COc1ccc(C(OC[C@H]2O[C@@H](c3cn(COC(=O)C(C)(C)C)cn3)C[C@@H]2OP(OCCC#N)N(C(C)C)C(C)C)(c2ccccc2)c2ccc(OC)cc2)cc1. The van der Waals surface area contributed by atoms with Crippen LogP contribution >= 0.6 is 8.53 Å². The van der Waals surface area contributed by atoms with Crippen LogP contribution in [0.4, 0.5) is 0 Å². The second-order valence-corrected chi connectivity index (χ2v) is 16.9. The maximum atomic E-state index is 12.5. The molecule has 1 aliphatic rings. The van der Waals surface area contributed by atoms with E-state index in [1.807, 2.05) is 93.7 Å². The van der Waals surface area contributed by atoms with Crippen molar-refractivity contribution in [3.8, 4) is 17.6 Å². The summed E-state index contributed by atoms with van der Waals surface area (Å²) in [5.41, 5.74) is 1.67. The first-order valence-electron chi connectivity index (χ1n) is 19.4. The molecule has 306 valence electrons. The van der Waals surface area contributed by atoms with Gasteiger partial charge in [0.25, 0.3) is 8.53 Å². The van der Waals surface area contributed by atoms with Gasteiger partial charge in [0.1, 0.15) is 29.3 Å². The van der Waals surface area contributed by atoms with Gasteiger partial charge in [-0.2, -0.15) is 5.26 Å². The maximum absolute atomic E-state index is 12.5. The number of imidazole rings is 1. The molecular formula is C44H57N4O8P. The molecule has 4 atom stereocenters. The molecule has 0 N–H and O–H groups in total. The van der Waals surface area contributed by atoms with E-state index in [0.717, 1.165) is 28.2 Å². The average molecular weight is 801 g/mol. The van der Waals surface area contributed by atoms with Crippen LogP contribution in [-0.4, -0.2) is 71.9 Å². The third-order valence-electron chi connectivity index (χ3n) is 9.67. The number of hydrogen-bond donors (Lipinski definition) is 0. The van der Waals surface area contributed by atoms with E-state index < -0.39 is 37.9 Å². The number of hydrogen-bond acceptors (Lipinski definition) is 11. The van der Waals surface area contributed by atoms with Gasteiger partial charge in [0, 0.05) is 24.7 Å². The maximum Gasteiger partial charge on any atom is 0.312 e. The van der Waals surface area contributed by atoms with Crippen molar-refractivity contribution in [1.29, 1.82) is 5.26 Å². The van der Waals surface area contributed by atoms with Crippen molar-refractivity contribution in [2.24, 2.45) is 5.41 Å². The van der Waals surface area contributed by atoms with Gasteiger partial charge in [0.15, 0.2) is 6.73 Å². The van der Waals surface area contributed by atoms with Gasteiger partial charge in [-0.15, -0.1) is 0 Å². The number of carbonyl (C=O) groups excluding carboxylic acids is 1. The summed E-state index contributed by atoms with van der Waals surface area (Å²) in [6.45, 7) is 14.3. The second-order valence-electron chi connectivity index (χ2n) is 15.5. The molecule has 13 heteroatoms. The summed E-state index contributed by atoms with van der Waals surface area (Å²) in [6, 6.07) is 28.3. The Hall–Kier alpha value is -4.34. The minimum absolute atomic E-state index is 0.0291. The minimum atomic E-state index is -1.61. The number of nitriles is 1. The summed E-state index contributed by atoms with van der Waals surface area (Å²) in [5, 5.41) is 9.36. The number of carbonyl (C=O) groups is 1. The Morgan fingerprint density at radius 1 is 0.930 bits per heavy atom. The molecule has 1 unspecified atom stereocenters. The van der Waals surface area contributed by atoms with Gasteiger partial charge in [-0.3, -0.25) is 4.79 Å². The van der Waals surface area contributed by atoms with Gasteiger partial charge in [-0.25, -0.2) is 9.65 Å². The summed E-state index contributed by atoms with van der Waals surface area (Å²) in [7, 11) is 1.69. The van der Waals surface area contributed by atoms with Gasteiger partial charge in [-0.05, 0) is 89.4 Å². The number of benzene rings is 3. The molecular weight excluding hydrogens is 743 g/mol. The molecule has 0 radical (unpaired) electrons. The van der Waals surface area contributed by atoms with Crippen LogP contribution in [0.25, 0.3) is 0 Å². The number of ether oxygens (including phenoxy) is 5. The number of esters is 1. The highest BCUT2D eigenvalue weighted by Crippen LogP contribution is 2.51. The predicted octanol–water partition coefficient (Wildman–Crippen LogP) is 8.95. The largest absolute Gasteiger partial charge is 0.497 e. The summed E-state index contributed by atoms with van der Waals surface area (Å²) in [6.07, 6.45) is 2.67. The quantitative estimate of drug-likeness (QED) is 0.0391. The molecule has 2 heterocycles. The molecule has 1 fully saturated rings. The van der Waals surface area contributed by atoms with Crippen molar-refractivity contribution < 1.29 is 37.5 Å². The number of nitrogens with zero attached hydrogens (tertiary/aromatic N) is 4. The standard InChI is InChI=1S/C44H57N4O8P/c1-31(2)48(32(3)4)57(54-25-13-24-45)56-40-26-39(38-27-47(29-46-38)30-52-42(49)43(5,6)7)55-41(40)28-53-44(33-14-11-10-12-15-33,34-16-20-36(50-8)21-17-34)35-18-22-37(51-9)23-19-35/h10-12,14-23,27,29,31-32,39-41H,13,25-26,28,30H2,1-9H3/t39-,40+,41-,57?/m1/s1. The van der Waals surface area contributed by atoms with Crippen LogP contribution in [0.5, 0.6) is 11.5 Å². The summed E-state index contributed by atoms with van der Waals surface area (Å²) in [4.78, 5) is 17.2. The molecule has 1 saturated heterocycles. The fraction of sp³-hybridized carbons (Fsp3) is 0.477. The lowest BCUT2D eigenvalue weighted by Crippen LogP contribution is -2.39. The van der Waals surface area contributed by atoms with Gasteiger partial charge in [-0.1, -0.05) is 54.6 Å². The highest BCUT2D eigenvalue weighted by molar-refractivity contribution is 7.44. The van der Waals surface area contributed by atoms with Crippen LogP contribution in [0.1, 0.15) is 89.8 Å². The highest BCUT2D eigenvalue weighted by Gasteiger charge is 2.45. The first kappa shape index (κ1) is 43.8. The van der Waals surface area contributed by atoms with E-state index in [1.165, 1.54) is 0 Å². The lowest BCUT2D eigenvalue weighted by Gasteiger charge is -2.39. The first-order valence-corrected chi connectivity index (χ1v) is 20.5. The molecule has 1 aliphatic heterocycles. The number of rotatable bonds is 19. The first-order chi connectivity index (χ1) is 27.3. The van der Waals surface area contributed by atoms with Gasteiger partial charge in [0.05, 0.1) is 63.5 Å². The monoisotopic (exact) mass is 800 g/mol. The van der Waals surface area contributed by atoms with Crippen molar-refractivity contribution in [1.82, 2.24) is 14.2 Å². The molecule has 4 aromatic rings. The third-order valence-corrected chi connectivity index (χ3v) is 11.8. The van der Waals surface area contributed by atoms with E-state index in [4.69, 9.17) is 32.7 Å². The minimum Gasteiger partial charge on any atom is -0.497 e. The third kappa shape index (κ3) is 10.8. The van der Waals surface area contributed by atoms with Gasteiger partial charge in [0.2, 0.25) is 0 Å². The van der Waals surface area contributed by atoms with Crippen molar-refractivity contribution in [2.75, 3.05) is 27.4 Å². The molecule has 0 bridgehead atoms. The van der Waals surface area contributed by atoms with E-state index in [2.05, 4.69) is 55.6 Å². The molecule has 1 aromatic heterocycles. The zero-order chi connectivity index (χ0) is 41.2. The van der Waals surface area contributed by atoms with Gasteiger partial charge >= 0.3 is 5.97 Å². The van der Waals surface area contributed by atoms with E-state index in [-0.39, 0.29) is 44.4 Å². The van der Waals surface area contributed by atoms with Crippen LogP contribution in [0, 0.1) is 16.7 Å². The average Bonchev–Trinajstić information content (AvgIpc) is 3.84. The van der Waals surface area contributed by atoms with E-state index in [9.17, 15) is 10.1 Å². The van der Waals surface area contributed by atoms with Crippen LogP contribution in [0.3, 0.4) is 0 Å². The Morgan fingerprint density at radius 2 is 1.51 bits per heavy atom.